The first-order valence-electron chi connectivity index (χ1n) is 6.46. The van der Waals surface area contributed by atoms with Gasteiger partial charge in [0.05, 0.1) is 16.1 Å². The minimum Gasteiger partial charge on any atom is -0.403 e. The number of hydrogen-bond acceptors (Lipinski definition) is 4. The monoisotopic (exact) mass is 339 g/mol. The summed E-state index contributed by atoms with van der Waals surface area (Å²) in [6.07, 6.45) is -4.37. The van der Waals surface area contributed by atoms with Crippen LogP contribution in [0.25, 0.3) is 11.5 Å². The van der Waals surface area contributed by atoms with E-state index in [1.165, 1.54) is 12.1 Å². The Morgan fingerprint density at radius 1 is 0.957 bits per heavy atom. The third-order valence-corrected chi connectivity index (χ3v) is 3.32. The van der Waals surface area contributed by atoms with Crippen LogP contribution in [0.5, 0.6) is 0 Å². The maximum Gasteiger partial charge on any atom is 0.416 e. The molecule has 0 aliphatic heterocycles. The van der Waals surface area contributed by atoms with Crippen LogP contribution in [-0.4, -0.2) is 10.2 Å². The summed E-state index contributed by atoms with van der Waals surface area (Å²) >= 11 is 6.03. The summed E-state index contributed by atoms with van der Waals surface area (Å²) in [5.41, 5.74) is 0.236. The van der Waals surface area contributed by atoms with E-state index in [-0.39, 0.29) is 11.9 Å². The lowest BCUT2D eigenvalue weighted by molar-refractivity contribution is -0.137. The summed E-state index contributed by atoms with van der Waals surface area (Å²) in [4.78, 5) is 0. The highest BCUT2D eigenvalue weighted by Crippen LogP contribution is 2.31. The maximum atomic E-state index is 12.5. The van der Waals surface area contributed by atoms with Gasteiger partial charge in [-0.2, -0.15) is 13.2 Å². The molecule has 0 spiro atoms. The Morgan fingerprint density at radius 2 is 1.65 bits per heavy atom. The van der Waals surface area contributed by atoms with Crippen LogP contribution in [0, 0.1) is 0 Å². The van der Waals surface area contributed by atoms with E-state index in [9.17, 15) is 13.2 Å². The molecule has 3 aromatic rings. The lowest BCUT2D eigenvalue weighted by atomic mass is 10.2. The first-order chi connectivity index (χ1) is 10.9. The average molecular weight is 340 g/mol. The second-order valence-corrected chi connectivity index (χ2v) is 5.00. The van der Waals surface area contributed by atoms with Crippen molar-refractivity contribution in [2.75, 3.05) is 5.32 Å². The fraction of sp³-hybridized carbons (Fsp3) is 0.0667. The van der Waals surface area contributed by atoms with Crippen molar-refractivity contribution in [2.45, 2.75) is 6.18 Å². The minimum absolute atomic E-state index is 0.0553. The maximum absolute atomic E-state index is 12.5. The molecular formula is C15H9ClF3N3O. The third kappa shape index (κ3) is 3.45. The molecule has 1 N–H and O–H groups in total. The smallest absolute Gasteiger partial charge is 0.403 e. The molecule has 0 bridgehead atoms. The third-order valence-electron chi connectivity index (χ3n) is 2.99. The summed E-state index contributed by atoms with van der Waals surface area (Å²) < 4.78 is 42.9. The predicted octanol–water partition coefficient (Wildman–Crippen LogP) is 5.15. The van der Waals surface area contributed by atoms with E-state index >= 15 is 0 Å². The fourth-order valence-corrected chi connectivity index (χ4v) is 2.10. The topological polar surface area (TPSA) is 51.0 Å². The zero-order chi connectivity index (χ0) is 16.4. The Balaban J connectivity index is 1.78. The number of nitrogens with one attached hydrogen (secondary N) is 1. The van der Waals surface area contributed by atoms with Gasteiger partial charge in [-0.15, -0.1) is 5.10 Å². The van der Waals surface area contributed by atoms with Gasteiger partial charge in [0.25, 0.3) is 5.89 Å². The van der Waals surface area contributed by atoms with Crippen molar-refractivity contribution in [3.05, 3.63) is 59.1 Å². The number of hydrogen-bond donors (Lipinski definition) is 1. The Labute approximate surface area is 133 Å². The first kappa shape index (κ1) is 15.4. The number of alkyl halides is 3. The molecule has 0 amide bonds. The van der Waals surface area contributed by atoms with E-state index in [1.54, 1.807) is 24.3 Å². The van der Waals surface area contributed by atoms with Crippen LogP contribution < -0.4 is 5.32 Å². The molecule has 0 fully saturated rings. The number of nitrogens with zero attached hydrogens (tertiary/aromatic N) is 2. The van der Waals surface area contributed by atoms with Crippen molar-refractivity contribution in [1.82, 2.24) is 10.2 Å². The summed E-state index contributed by atoms with van der Waals surface area (Å²) in [7, 11) is 0. The van der Waals surface area contributed by atoms with Gasteiger partial charge in [-0.05, 0) is 36.4 Å². The average Bonchev–Trinajstić information content (AvgIpc) is 2.95. The van der Waals surface area contributed by atoms with Gasteiger partial charge >= 0.3 is 12.2 Å². The molecule has 0 radical (unpaired) electrons. The van der Waals surface area contributed by atoms with Crippen molar-refractivity contribution in [1.29, 1.82) is 0 Å². The molecule has 0 saturated heterocycles. The molecule has 23 heavy (non-hydrogen) atoms. The van der Waals surface area contributed by atoms with Crippen LogP contribution in [0.1, 0.15) is 5.56 Å². The van der Waals surface area contributed by atoms with E-state index in [0.29, 0.717) is 16.3 Å². The summed E-state index contributed by atoms with van der Waals surface area (Å²) in [6.45, 7) is 0. The van der Waals surface area contributed by atoms with Gasteiger partial charge in [0.2, 0.25) is 0 Å². The molecular weight excluding hydrogens is 331 g/mol. The highest BCUT2D eigenvalue weighted by Gasteiger charge is 2.29. The van der Waals surface area contributed by atoms with Crippen LogP contribution >= 0.6 is 11.6 Å². The van der Waals surface area contributed by atoms with Gasteiger partial charge in [0.1, 0.15) is 0 Å². The van der Waals surface area contributed by atoms with E-state index in [1.807, 2.05) is 0 Å². The Kier molecular flexibility index (Phi) is 3.96. The second-order valence-electron chi connectivity index (χ2n) is 4.59. The second kappa shape index (κ2) is 5.92. The highest BCUT2D eigenvalue weighted by atomic mass is 35.5. The molecule has 0 unspecified atom stereocenters. The molecule has 0 aliphatic rings. The number of halogens is 4. The summed E-state index contributed by atoms with van der Waals surface area (Å²) in [5.74, 6) is 0.213. The van der Waals surface area contributed by atoms with E-state index in [4.69, 9.17) is 16.0 Å². The minimum atomic E-state index is -4.37. The van der Waals surface area contributed by atoms with Gasteiger partial charge in [0, 0.05) is 5.69 Å². The lowest BCUT2D eigenvalue weighted by Gasteiger charge is -2.07. The quantitative estimate of drug-likeness (QED) is 0.716. The van der Waals surface area contributed by atoms with Gasteiger partial charge < -0.3 is 9.73 Å². The largest absolute Gasteiger partial charge is 0.416 e. The Hall–Kier alpha value is -2.54. The van der Waals surface area contributed by atoms with E-state index in [0.717, 1.165) is 12.1 Å². The molecule has 118 valence electrons. The molecule has 0 aliphatic carbocycles. The highest BCUT2D eigenvalue weighted by molar-refractivity contribution is 6.33. The molecule has 4 nitrogen and oxygen atoms in total. The SMILES string of the molecule is FC(F)(F)c1ccc(Nc2nnc(-c3ccccc3Cl)o2)cc1. The molecule has 2 aromatic carbocycles. The van der Waals surface area contributed by atoms with Crippen molar-refractivity contribution in [2.24, 2.45) is 0 Å². The zero-order valence-corrected chi connectivity index (χ0v) is 12.2. The van der Waals surface area contributed by atoms with Crippen molar-refractivity contribution in [3.8, 4) is 11.5 Å². The number of benzene rings is 2. The van der Waals surface area contributed by atoms with Crippen LogP contribution in [0.2, 0.25) is 5.02 Å². The van der Waals surface area contributed by atoms with Crippen molar-refractivity contribution in [3.63, 3.8) is 0 Å². The van der Waals surface area contributed by atoms with Gasteiger partial charge in [-0.3, -0.25) is 0 Å². The molecule has 3 rings (SSSR count). The summed E-state index contributed by atoms with van der Waals surface area (Å²) in [5, 5.41) is 10.8. The normalized spacial score (nSPS) is 11.5. The molecule has 8 heteroatoms. The number of aromatic nitrogens is 2. The predicted molar refractivity (Wildman–Crippen MR) is 79.5 cm³/mol. The standard InChI is InChI=1S/C15H9ClF3N3O/c16-12-4-2-1-3-11(12)13-21-22-14(23-13)20-10-7-5-9(6-8-10)15(17,18)19/h1-8H,(H,20,22). The number of rotatable bonds is 3. The van der Waals surface area contributed by atoms with Gasteiger partial charge in [0.15, 0.2) is 0 Å². The molecule has 1 aromatic heterocycles. The zero-order valence-electron chi connectivity index (χ0n) is 11.4. The molecule has 0 saturated carbocycles. The Morgan fingerprint density at radius 3 is 2.30 bits per heavy atom. The Bertz CT molecular complexity index is 815. The van der Waals surface area contributed by atoms with Gasteiger partial charge in [-0.1, -0.05) is 28.8 Å². The van der Waals surface area contributed by atoms with Crippen molar-refractivity contribution >= 4 is 23.3 Å². The molecule has 0 atom stereocenters. The van der Waals surface area contributed by atoms with Crippen LogP contribution in [-0.2, 0) is 6.18 Å². The van der Waals surface area contributed by atoms with Crippen LogP contribution in [0.4, 0.5) is 24.9 Å². The summed E-state index contributed by atoms with van der Waals surface area (Å²) in [6, 6.07) is 11.5. The van der Waals surface area contributed by atoms with Crippen LogP contribution in [0.15, 0.2) is 52.9 Å². The van der Waals surface area contributed by atoms with Gasteiger partial charge in [-0.25, -0.2) is 0 Å². The van der Waals surface area contributed by atoms with E-state index in [2.05, 4.69) is 15.5 Å². The van der Waals surface area contributed by atoms with Crippen molar-refractivity contribution < 1.29 is 17.6 Å². The number of anilines is 2. The van der Waals surface area contributed by atoms with E-state index < -0.39 is 11.7 Å². The molecule has 1 heterocycles. The fourth-order valence-electron chi connectivity index (χ4n) is 1.88. The van der Waals surface area contributed by atoms with Crippen LogP contribution in [0.3, 0.4) is 0 Å². The lowest BCUT2D eigenvalue weighted by Crippen LogP contribution is -2.04. The first-order valence-corrected chi connectivity index (χ1v) is 6.84.